The van der Waals surface area contributed by atoms with Crippen LogP contribution in [0.2, 0.25) is 0 Å². The van der Waals surface area contributed by atoms with Gasteiger partial charge in [-0.15, -0.1) is 11.3 Å². The van der Waals surface area contributed by atoms with Gasteiger partial charge in [-0.05, 0) is 32.2 Å². The van der Waals surface area contributed by atoms with Crippen molar-refractivity contribution in [2.45, 2.75) is 38.7 Å². The standard InChI is InChI=1S/C12H16O3S/c1-12(2,3)15-11(14)9(6-7-13)10-5-4-8-16-10/h4-5,7-9H,6H2,1-3H3. The molecular weight excluding hydrogens is 224 g/mol. The van der Waals surface area contributed by atoms with Crippen LogP contribution in [-0.2, 0) is 14.3 Å². The van der Waals surface area contributed by atoms with Gasteiger partial charge in [0.05, 0.1) is 5.92 Å². The maximum Gasteiger partial charge on any atom is 0.315 e. The highest BCUT2D eigenvalue weighted by Crippen LogP contribution is 2.26. The van der Waals surface area contributed by atoms with E-state index >= 15 is 0 Å². The van der Waals surface area contributed by atoms with Crippen LogP contribution in [0.4, 0.5) is 0 Å². The Bertz CT molecular complexity index is 349. The molecule has 0 aromatic carbocycles. The number of esters is 1. The molecule has 0 saturated carbocycles. The SMILES string of the molecule is CC(C)(C)OC(=O)C(CC=O)c1cccs1. The van der Waals surface area contributed by atoms with Crippen molar-refractivity contribution in [1.82, 2.24) is 0 Å². The first-order valence-electron chi connectivity index (χ1n) is 5.14. The zero-order chi connectivity index (χ0) is 12.2. The third kappa shape index (κ3) is 3.77. The van der Waals surface area contributed by atoms with E-state index in [0.717, 1.165) is 11.2 Å². The largest absolute Gasteiger partial charge is 0.459 e. The van der Waals surface area contributed by atoms with E-state index in [1.165, 1.54) is 11.3 Å². The number of hydrogen-bond donors (Lipinski definition) is 0. The molecular formula is C12H16O3S. The predicted octanol–water partition coefficient (Wildman–Crippen LogP) is 2.76. The highest BCUT2D eigenvalue weighted by Gasteiger charge is 2.26. The molecule has 0 fully saturated rings. The van der Waals surface area contributed by atoms with Crippen LogP contribution < -0.4 is 0 Å². The van der Waals surface area contributed by atoms with Crippen molar-refractivity contribution in [3.05, 3.63) is 22.4 Å². The van der Waals surface area contributed by atoms with Crippen molar-refractivity contribution in [3.8, 4) is 0 Å². The summed E-state index contributed by atoms with van der Waals surface area (Å²) in [4.78, 5) is 23.3. The maximum absolute atomic E-state index is 11.9. The van der Waals surface area contributed by atoms with Gasteiger partial charge in [0.1, 0.15) is 11.9 Å². The van der Waals surface area contributed by atoms with E-state index in [0.29, 0.717) is 0 Å². The minimum atomic E-state index is -0.518. The molecule has 1 rings (SSSR count). The fourth-order valence-electron chi connectivity index (χ4n) is 1.29. The molecule has 0 aliphatic heterocycles. The second-order valence-electron chi connectivity index (χ2n) is 4.50. The molecule has 0 bridgehead atoms. The van der Waals surface area contributed by atoms with Crippen LogP contribution in [0.25, 0.3) is 0 Å². The molecule has 1 aromatic rings. The van der Waals surface area contributed by atoms with Crippen LogP contribution in [0.3, 0.4) is 0 Å². The van der Waals surface area contributed by atoms with E-state index in [1.807, 2.05) is 38.3 Å². The molecule has 1 unspecified atom stereocenters. The average molecular weight is 240 g/mol. The molecule has 3 nitrogen and oxygen atoms in total. The summed E-state index contributed by atoms with van der Waals surface area (Å²) in [6.45, 7) is 5.45. The third-order valence-corrected chi connectivity index (χ3v) is 2.90. The fraction of sp³-hybridized carbons (Fsp3) is 0.500. The first-order valence-corrected chi connectivity index (χ1v) is 6.02. The van der Waals surface area contributed by atoms with Crippen LogP contribution in [-0.4, -0.2) is 17.9 Å². The van der Waals surface area contributed by atoms with Gasteiger partial charge in [0.2, 0.25) is 0 Å². The Hall–Kier alpha value is -1.16. The van der Waals surface area contributed by atoms with Gasteiger partial charge in [-0.25, -0.2) is 0 Å². The molecule has 0 aliphatic carbocycles. The highest BCUT2D eigenvalue weighted by molar-refractivity contribution is 7.10. The van der Waals surface area contributed by atoms with Crippen LogP contribution in [0.5, 0.6) is 0 Å². The molecule has 1 atom stereocenters. The molecule has 88 valence electrons. The zero-order valence-corrected chi connectivity index (χ0v) is 10.5. The van der Waals surface area contributed by atoms with Crippen molar-refractivity contribution in [2.24, 2.45) is 0 Å². The van der Waals surface area contributed by atoms with E-state index in [4.69, 9.17) is 4.74 Å². The van der Waals surface area contributed by atoms with Crippen molar-refractivity contribution in [2.75, 3.05) is 0 Å². The average Bonchev–Trinajstić information content (AvgIpc) is 2.63. The Kier molecular flexibility index (Phi) is 4.24. The van der Waals surface area contributed by atoms with Gasteiger partial charge in [0.25, 0.3) is 0 Å². The van der Waals surface area contributed by atoms with Gasteiger partial charge in [-0.2, -0.15) is 0 Å². The summed E-state index contributed by atoms with van der Waals surface area (Å²) < 4.78 is 5.29. The van der Waals surface area contributed by atoms with Crippen molar-refractivity contribution in [3.63, 3.8) is 0 Å². The number of thiophene rings is 1. The normalized spacial score (nSPS) is 13.2. The molecule has 0 N–H and O–H groups in total. The smallest absolute Gasteiger partial charge is 0.315 e. The monoisotopic (exact) mass is 240 g/mol. The molecule has 1 aromatic heterocycles. The van der Waals surface area contributed by atoms with Crippen molar-refractivity contribution >= 4 is 23.6 Å². The lowest BCUT2D eigenvalue weighted by Gasteiger charge is -2.22. The summed E-state index contributed by atoms with van der Waals surface area (Å²) in [5, 5.41) is 1.89. The van der Waals surface area contributed by atoms with Crippen molar-refractivity contribution in [1.29, 1.82) is 0 Å². The van der Waals surface area contributed by atoms with E-state index in [9.17, 15) is 9.59 Å². The second-order valence-corrected chi connectivity index (χ2v) is 5.48. The molecule has 0 spiro atoms. The van der Waals surface area contributed by atoms with E-state index in [1.54, 1.807) is 0 Å². The Morgan fingerprint density at radius 2 is 2.25 bits per heavy atom. The number of carbonyl (C=O) groups excluding carboxylic acids is 2. The molecule has 1 heterocycles. The summed E-state index contributed by atoms with van der Waals surface area (Å²) in [5.74, 6) is -0.793. The molecule has 0 aliphatic rings. The van der Waals surface area contributed by atoms with Gasteiger partial charge >= 0.3 is 5.97 Å². The van der Waals surface area contributed by atoms with Gasteiger partial charge in [0.15, 0.2) is 0 Å². The second kappa shape index (κ2) is 5.25. The maximum atomic E-state index is 11.9. The summed E-state index contributed by atoms with van der Waals surface area (Å²) in [5.41, 5.74) is -0.518. The summed E-state index contributed by atoms with van der Waals surface area (Å²) >= 11 is 1.47. The zero-order valence-electron chi connectivity index (χ0n) is 9.73. The van der Waals surface area contributed by atoms with Crippen LogP contribution in [0.1, 0.15) is 38.0 Å². The Balaban J connectivity index is 2.78. The molecule has 0 saturated heterocycles. The van der Waals surface area contributed by atoms with Crippen LogP contribution >= 0.6 is 11.3 Å². The molecule has 4 heteroatoms. The lowest BCUT2D eigenvalue weighted by Crippen LogP contribution is -2.27. The number of ether oxygens (including phenoxy) is 1. The minimum absolute atomic E-state index is 0.176. The van der Waals surface area contributed by atoms with E-state index in [2.05, 4.69) is 0 Å². The van der Waals surface area contributed by atoms with Crippen LogP contribution in [0, 0.1) is 0 Å². The summed E-state index contributed by atoms with van der Waals surface area (Å²) in [6, 6.07) is 3.71. The fourth-order valence-corrected chi connectivity index (χ4v) is 2.12. The lowest BCUT2D eigenvalue weighted by molar-refractivity contribution is -0.157. The van der Waals surface area contributed by atoms with E-state index < -0.39 is 11.5 Å². The minimum Gasteiger partial charge on any atom is -0.459 e. The summed E-state index contributed by atoms with van der Waals surface area (Å²) in [7, 11) is 0. The lowest BCUT2D eigenvalue weighted by atomic mass is 10.0. The van der Waals surface area contributed by atoms with Crippen molar-refractivity contribution < 1.29 is 14.3 Å². The Morgan fingerprint density at radius 3 is 2.69 bits per heavy atom. The molecule has 16 heavy (non-hydrogen) atoms. The summed E-state index contributed by atoms with van der Waals surface area (Å²) in [6.07, 6.45) is 0.934. The number of aldehydes is 1. The third-order valence-electron chi connectivity index (χ3n) is 1.91. The first kappa shape index (κ1) is 12.9. The van der Waals surface area contributed by atoms with Gasteiger partial charge in [-0.1, -0.05) is 6.07 Å². The van der Waals surface area contributed by atoms with Crippen LogP contribution in [0.15, 0.2) is 17.5 Å². The Labute approximate surface area is 99.4 Å². The number of hydrogen-bond acceptors (Lipinski definition) is 4. The number of carbonyl (C=O) groups is 2. The van der Waals surface area contributed by atoms with Gasteiger partial charge < -0.3 is 9.53 Å². The highest BCUT2D eigenvalue weighted by atomic mass is 32.1. The quantitative estimate of drug-likeness (QED) is 0.600. The van der Waals surface area contributed by atoms with E-state index in [-0.39, 0.29) is 12.4 Å². The molecule has 0 radical (unpaired) electrons. The Morgan fingerprint density at radius 1 is 1.56 bits per heavy atom. The topological polar surface area (TPSA) is 43.4 Å². The van der Waals surface area contributed by atoms with Gasteiger partial charge in [0, 0.05) is 11.3 Å². The molecule has 0 amide bonds. The first-order chi connectivity index (χ1) is 7.44. The van der Waals surface area contributed by atoms with Gasteiger partial charge in [-0.3, -0.25) is 4.79 Å². The number of rotatable bonds is 4. The predicted molar refractivity (Wildman–Crippen MR) is 63.6 cm³/mol.